The number of nitrogens with zero attached hydrogens (tertiary/aromatic N) is 1. The van der Waals surface area contributed by atoms with Gasteiger partial charge in [-0.25, -0.2) is 4.79 Å². The Hall–Kier alpha value is -1.72. The molecule has 6 heteroatoms. The van der Waals surface area contributed by atoms with Crippen LogP contribution in [0.5, 0.6) is 0 Å². The summed E-state index contributed by atoms with van der Waals surface area (Å²) in [5.41, 5.74) is 5.92. The number of hydrogen-bond acceptors (Lipinski definition) is 4. The summed E-state index contributed by atoms with van der Waals surface area (Å²) in [7, 11) is 0. The molecule has 1 aromatic rings. The number of H-pyrrole nitrogens is 1. The van der Waals surface area contributed by atoms with Crippen LogP contribution >= 0.6 is 0 Å². The Morgan fingerprint density at radius 1 is 1.61 bits per heavy atom. The molecule has 4 N–H and O–H groups in total. The number of nitrogen functional groups attached to an aromatic ring is 1. The molecule has 1 fully saturated rings. The second-order valence-corrected chi connectivity index (χ2v) is 5.71. The van der Waals surface area contributed by atoms with Crippen molar-refractivity contribution in [2.75, 3.05) is 5.73 Å². The van der Waals surface area contributed by atoms with Gasteiger partial charge in [-0.15, -0.1) is 0 Å². The van der Waals surface area contributed by atoms with Crippen molar-refractivity contribution in [3.05, 3.63) is 11.8 Å². The molecule has 1 saturated carbocycles. The first kappa shape index (κ1) is 12.7. The highest BCUT2D eigenvalue weighted by atomic mass is 16.6. The molecule has 0 bridgehead atoms. The number of nitrogens with one attached hydrogen (secondary N) is 2. The monoisotopic (exact) mass is 252 g/mol. The molecule has 1 atom stereocenters. The zero-order valence-corrected chi connectivity index (χ0v) is 11.0. The van der Waals surface area contributed by atoms with Crippen LogP contribution in [0.1, 0.15) is 45.3 Å². The number of hydrogen-bond donors (Lipinski definition) is 3. The largest absolute Gasteiger partial charge is 0.444 e. The Labute approximate surface area is 106 Å². The molecule has 6 nitrogen and oxygen atoms in total. The van der Waals surface area contributed by atoms with E-state index in [2.05, 4.69) is 15.5 Å². The van der Waals surface area contributed by atoms with Gasteiger partial charge >= 0.3 is 6.09 Å². The van der Waals surface area contributed by atoms with Crippen molar-refractivity contribution in [3.8, 4) is 0 Å². The second-order valence-electron chi connectivity index (χ2n) is 5.71. The van der Waals surface area contributed by atoms with Crippen molar-refractivity contribution in [1.82, 2.24) is 15.5 Å². The second kappa shape index (κ2) is 4.51. The van der Waals surface area contributed by atoms with Gasteiger partial charge < -0.3 is 15.8 Å². The van der Waals surface area contributed by atoms with Crippen LogP contribution < -0.4 is 11.1 Å². The van der Waals surface area contributed by atoms with Gasteiger partial charge in [-0.3, -0.25) is 5.10 Å². The number of ether oxygens (including phenoxy) is 1. The van der Waals surface area contributed by atoms with E-state index in [0.717, 1.165) is 18.5 Å². The molecule has 2 rings (SSSR count). The van der Waals surface area contributed by atoms with Gasteiger partial charge in [-0.1, -0.05) is 0 Å². The number of alkyl carbamates (subject to hydrolysis) is 1. The number of carbonyl (C=O) groups is 1. The van der Waals surface area contributed by atoms with Crippen LogP contribution in [0.15, 0.2) is 6.07 Å². The van der Waals surface area contributed by atoms with Gasteiger partial charge in [0.2, 0.25) is 0 Å². The first-order valence-corrected chi connectivity index (χ1v) is 6.15. The Kier molecular flexibility index (Phi) is 3.19. The number of amides is 1. The molecular formula is C12H20N4O2. The molecule has 0 aliphatic heterocycles. The maximum Gasteiger partial charge on any atom is 0.408 e. The quantitative estimate of drug-likeness (QED) is 0.766. The van der Waals surface area contributed by atoms with Crippen molar-refractivity contribution in [1.29, 1.82) is 0 Å². The zero-order valence-electron chi connectivity index (χ0n) is 11.0. The molecule has 0 unspecified atom stereocenters. The van der Waals surface area contributed by atoms with Crippen LogP contribution in [0, 0.1) is 5.92 Å². The lowest BCUT2D eigenvalue weighted by atomic mass is 10.1. The summed E-state index contributed by atoms with van der Waals surface area (Å²) in [4.78, 5) is 11.8. The SMILES string of the molecule is CC(C)(C)OC(=O)N[C@H](c1cc(N)n[nH]1)C1CC1. The average molecular weight is 252 g/mol. The fourth-order valence-corrected chi connectivity index (χ4v) is 1.83. The molecule has 0 saturated heterocycles. The van der Waals surface area contributed by atoms with Crippen molar-refractivity contribution in [2.45, 2.75) is 45.3 Å². The summed E-state index contributed by atoms with van der Waals surface area (Å²) in [5.74, 6) is 0.874. The standard InChI is InChI=1S/C12H20N4O2/c1-12(2,3)18-11(17)14-10(7-4-5-7)8-6-9(13)16-15-8/h6-7,10H,4-5H2,1-3H3,(H,14,17)(H3,13,15,16)/t10-/m0/s1. The third kappa shape index (κ3) is 3.38. The summed E-state index contributed by atoms with van der Waals surface area (Å²) >= 11 is 0. The van der Waals surface area contributed by atoms with Gasteiger partial charge in [0, 0.05) is 6.07 Å². The number of aromatic nitrogens is 2. The highest BCUT2D eigenvalue weighted by Crippen LogP contribution is 2.40. The highest BCUT2D eigenvalue weighted by molar-refractivity contribution is 5.68. The van der Waals surface area contributed by atoms with Crippen molar-refractivity contribution in [2.24, 2.45) is 5.92 Å². The molecule has 0 aromatic carbocycles. The van der Waals surface area contributed by atoms with E-state index in [1.165, 1.54) is 0 Å². The first-order chi connectivity index (χ1) is 8.35. The number of aromatic amines is 1. The van der Waals surface area contributed by atoms with E-state index in [-0.39, 0.29) is 6.04 Å². The Morgan fingerprint density at radius 3 is 2.72 bits per heavy atom. The molecule has 0 radical (unpaired) electrons. The lowest BCUT2D eigenvalue weighted by Crippen LogP contribution is -2.35. The van der Waals surface area contributed by atoms with E-state index in [1.807, 2.05) is 20.8 Å². The predicted octanol–water partition coefficient (Wildman–Crippen LogP) is 1.97. The van der Waals surface area contributed by atoms with Gasteiger partial charge in [0.15, 0.2) is 0 Å². The molecule has 100 valence electrons. The number of anilines is 1. The van der Waals surface area contributed by atoms with E-state index in [0.29, 0.717) is 11.7 Å². The molecule has 1 aliphatic carbocycles. The number of rotatable bonds is 3. The van der Waals surface area contributed by atoms with Crippen molar-refractivity contribution in [3.63, 3.8) is 0 Å². The summed E-state index contributed by atoms with van der Waals surface area (Å²) in [5, 5.41) is 9.62. The van der Waals surface area contributed by atoms with Crippen LogP contribution in [0.3, 0.4) is 0 Å². The molecule has 1 heterocycles. The van der Waals surface area contributed by atoms with Crippen LogP contribution in [-0.2, 0) is 4.74 Å². The molecule has 0 spiro atoms. The molecule has 18 heavy (non-hydrogen) atoms. The highest BCUT2D eigenvalue weighted by Gasteiger charge is 2.35. The van der Waals surface area contributed by atoms with Gasteiger partial charge in [-0.05, 0) is 39.5 Å². The lowest BCUT2D eigenvalue weighted by Gasteiger charge is -2.23. The molecule has 1 amide bonds. The van der Waals surface area contributed by atoms with Crippen LogP contribution in [0.2, 0.25) is 0 Å². The van der Waals surface area contributed by atoms with Crippen LogP contribution in [-0.4, -0.2) is 21.9 Å². The van der Waals surface area contributed by atoms with E-state index >= 15 is 0 Å². The van der Waals surface area contributed by atoms with E-state index in [4.69, 9.17) is 10.5 Å². The normalized spacial score (nSPS) is 17.3. The average Bonchev–Trinajstić information content (AvgIpc) is 2.95. The van der Waals surface area contributed by atoms with Gasteiger partial charge in [0.05, 0.1) is 11.7 Å². The van der Waals surface area contributed by atoms with Gasteiger partial charge in [-0.2, -0.15) is 5.10 Å². The summed E-state index contributed by atoms with van der Waals surface area (Å²) < 4.78 is 5.26. The van der Waals surface area contributed by atoms with Crippen LogP contribution in [0.25, 0.3) is 0 Å². The Balaban J connectivity index is 2.01. The first-order valence-electron chi connectivity index (χ1n) is 6.15. The minimum Gasteiger partial charge on any atom is -0.444 e. The minimum absolute atomic E-state index is 0.0929. The van der Waals surface area contributed by atoms with E-state index in [9.17, 15) is 4.79 Å². The lowest BCUT2D eigenvalue weighted by molar-refractivity contribution is 0.0496. The molecule has 1 aromatic heterocycles. The van der Waals surface area contributed by atoms with Gasteiger partial charge in [0.1, 0.15) is 11.4 Å². The Bertz CT molecular complexity index is 432. The summed E-state index contributed by atoms with van der Waals surface area (Å²) in [6.07, 6.45) is 1.78. The third-order valence-electron chi connectivity index (χ3n) is 2.72. The fraction of sp³-hybridized carbons (Fsp3) is 0.667. The third-order valence-corrected chi connectivity index (χ3v) is 2.72. The van der Waals surface area contributed by atoms with E-state index in [1.54, 1.807) is 6.07 Å². The smallest absolute Gasteiger partial charge is 0.408 e. The fourth-order valence-electron chi connectivity index (χ4n) is 1.83. The molecule has 1 aliphatic rings. The minimum atomic E-state index is -0.495. The number of carbonyl (C=O) groups excluding carboxylic acids is 1. The van der Waals surface area contributed by atoms with Crippen LogP contribution in [0.4, 0.5) is 10.6 Å². The predicted molar refractivity (Wildman–Crippen MR) is 67.8 cm³/mol. The zero-order chi connectivity index (χ0) is 13.3. The van der Waals surface area contributed by atoms with Crippen molar-refractivity contribution >= 4 is 11.9 Å². The van der Waals surface area contributed by atoms with Gasteiger partial charge in [0.25, 0.3) is 0 Å². The van der Waals surface area contributed by atoms with Crippen molar-refractivity contribution < 1.29 is 9.53 Å². The molecular weight excluding hydrogens is 232 g/mol. The maximum atomic E-state index is 11.8. The maximum absolute atomic E-state index is 11.8. The topological polar surface area (TPSA) is 93.0 Å². The van der Waals surface area contributed by atoms with E-state index < -0.39 is 11.7 Å². The summed E-state index contributed by atoms with van der Waals surface area (Å²) in [6, 6.07) is 1.66. The number of nitrogens with two attached hydrogens (primary N) is 1. The Morgan fingerprint density at radius 2 is 2.28 bits per heavy atom. The summed E-state index contributed by atoms with van der Waals surface area (Å²) in [6.45, 7) is 5.52.